The summed E-state index contributed by atoms with van der Waals surface area (Å²) in [7, 11) is 0. The number of epoxide rings is 1. The van der Waals surface area contributed by atoms with E-state index in [1.165, 1.54) is 18.2 Å². The quantitative estimate of drug-likeness (QED) is 0.0297. The molecule has 3 heterocycles. The van der Waals surface area contributed by atoms with Crippen LogP contribution in [-0.4, -0.2) is 136 Å². The molecule has 1 aromatic carbocycles. The van der Waals surface area contributed by atoms with Gasteiger partial charge in [0.15, 0.2) is 6.10 Å². The Morgan fingerprint density at radius 3 is 2.28 bits per heavy atom. The first kappa shape index (κ1) is 52.4. The Hall–Kier alpha value is -5.96. The fourth-order valence-corrected chi connectivity index (χ4v) is 9.86. The SMILES string of the molecule is CC1=CC2O[C@@H]3C[C@H]4OC(=O)/C=C\C=C\C(=O)OCC[C@@H](C)[C@H](OCNC(=O)CNC(=O)C(Cc5ccccc5)NC(=O)CNC(=O)CNC(=O)CCCCCN)C(=O)OC[C@@]2(CC1)C4(C)[C@]31CO1. The number of ether oxygens (including phenoxy) is 6. The molecule has 2 bridgehead atoms. The predicted molar refractivity (Wildman–Crippen MR) is 246 cm³/mol. The Morgan fingerprint density at radius 1 is 0.841 bits per heavy atom. The minimum absolute atomic E-state index is 0.0607. The van der Waals surface area contributed by atoms with E-state index in [4.69, 9.17) is 34.2 Å². The maximum Gasteiger partial charge on any atom is 0.335 e. The van der Waals surface area contributed by atoms with Crippen molar-refractivity contribution in [1.82, 2.24) is 26.6 Å². The third-order valence-corrected chi connectivity index (χ3v) is 14.0. The van der Waals surface area contributed by atoms with Gasteiger partial charge in [-0.25, -0.2) is 14.4 Å². The Morgan fingerprint density at radius 2 is 1.54 bits per heavy atom. The third kappa shape index (κ3) is 13.0. The first-order chi connectivity index (χ1) is 33.1. The molecule has 3 fully saturated rings. The van der Waals surface area contributed by atoms with Gasteiger partial charge in [0, 0.05) is 36.8 Å². The van der Waals surface area contributed by atoms with Gasteiger partial charge < -0.3 is 60.7 Å². The monoisotopic (exact) mass is 962 g/mol. The molecule has 2 aliphatic carbocycles. The molecule has 69 heavy (non-hydrogen) atoms. The van der Waals surface area contributed by atoms with Crippen molar-refractivity contribution in [3.63, 3.8) is 0 Å². The first-order valence-electron chi connectivity index (χ1n) is 23.7. The molecular formula is C49H66N6O14. The molecule has 0 aromatic heterocycles. The summed E-state index contributed by atoms with van der Waals surface area (Å²) in [6.45, 7) is 4.67. The zero-order valence-corrected chi connectivity index (χ0v) is 39.6. The number of benzene rings is 1. The van der Waals surface area contributed by atoms with Crippen LogP contribution >= 0.6 is 0 Å². The van der Waals surface area contributed by atoms with Crippen molar-refractivity contribution in [1.29, 1.82) is 0 Å². The number of rotatable bonds is 18. The van der Waals surface area contributed by atoms with Gasteiger partial charge in [-0.3, -0.25) is 24.0 Å². The molecule has 2 spiro atoms. The Bertz CT molecular complexity index is 2140. The Labute approximate surface area is 401 Å². The second-order valence-corrected chi connectivity index (χ2v) is 18.5. The van der Waals surface area contributed by atoms with Gasteiger partial charge in [-0.1, -0.05) is 74.4 Å². The van der Waals surface area contributed by atoms with Crippen LogP contribution in [0.2, 0.25) is 0 Å². The summed E-state index contributed by atoms with van der Waals surface area (Å²) < 4.78 is 36.6. The van der Waals surface area contributed by atoms with Crippen LogP contribution in [0.4, 0.5) is 0 Å². The summed E-state index contributed by atoms with van der Waals surface area (Å²) in [5.74, 6) is -5.55. The molecule has 1 aromatic rings. The smallest absolute Gasteiger partial charge is 0.335 e. The van der Waals surface area contributed by atoms with Gasteiger partial charge in [0.05, 0.1) is 50.5 Å². The standard InChI is InChI=1S/C49H66N6O14/c1-31-17-19-48-28-65-46(63)44(32(2)18-21-64-42(60)15-9-10-16-43(61)69-35-24-37(68-36(48)22-31)49(29-67-49)47(35,48)3)66-30-54-40(58)26-53-45(62)34(23-33-12-6-4-7-13-33)55-41(59)27-52-39(57)25-51-38(56)14-8-5-11-20-50/h4,6-7,9-10,12-13,15-16,22,32,34-37,44H,5,8,11,14,17-21,23-30,50H2,1-3H3,(H,51,56)(H,52,57)(H,53,62)(H,54,58)(H,55,59)/b15-9+,16-10-/t32-,34?,35-,36?,37-,44+,47?,48-,49+/m1/s1. The van der Waals surface area contributed by atoms with Crippen molar-refractivity contribution >= 4 is 47.4 Å². The zero-order chi connectivity index (χ0) is 49.6. The van der Waals surface area contributed by atoms with Crippen molar-refractivity contribution in [3.8, 4) is 0 Å². The van der Waals surface area contributed by atoms with Crippen LogP contribution in [0.1, 0.15) is 77.7 Å². The van der Waals surface area contributed by atoms with E-state index in [1.807, 2.05) is 13.8 Å². The molecule has 20 heteroatoms. The molecule has 2 saturated heterocycles. The number of cyclic esters (lactones) is 2. The molecule has 5 amide bonds. The van der Waals surface area contributed by atoms with Crippen LogP contribution in [0.15, 0.2) is 66.3 Å². The van der Waals surface area contributed by atoms with Gasteiger partial charge in [-0.15, -0.1) is 0 Å². The number of nitrogens with one attached hydrogen (secondary N) is 5. The molecule has 376 valence electrons. The lowest BCUT2D eigenvalue weighted by Crippen LogP contribution is -2.67. The molecule has 20 nitrogen and oxygen atoms in total. The van der Waals surface area contributed by atoms with Crippen LogP contribution < -0.4 is 32.3 Å². The number of amides is 5. The molecule has 6 rings (SSSR count). The highest BCUT2D eigenvalue weighted by atomic mass is 16.6. The highest BCUT2D eigenvalue weighted by molar-refractivity contribution is 5.93. The topological polar surface area (TPSA) is 281 Å². The number of carbonyl (C=O) groups is 8. The largest absolute Gasteiger partial charge is 0.463 e. The van der Waals surface area contributed by atoms with Crippen molar-refractivity contribution < 1.29 is 66.8 Å². The van der Waals surface area contributed by atoms with E-state index in [0.29, 0.717) is 44.4 Å². The van der Waals surface area contributed by atoms with E-state index >= 15 is 0 Å². The second kappa shape index (κ2) is 24.0. The highest BCUT2D eigenvalue weighted by Crippen LogP contribution is 2.72. The number of nitrogens with two attached hydrogens (primary N) is 1. The van der Waals surface area contributed by atoms with E-state index in [9.17, 15) is 38.4 Å². The van der Waals surface area contributed by atoms with Gasteiger partial charge >= 0.3 is 17.9 Å². The fourth-order valence-electron chi connectivity index (χ4n) is 9.86. The van der Waals surface area contributed by atoms with Gasteiger partial charge in [0.25, 0.3) is 0 Å². The number of hydrogen-bond acceptors (Lipinski definition) is 15. The van der Waals surface area contributed by atoms with E-state index in [0.717, 1.165) is 24.5 Å². The lowest BCUT2D eigenvalue weighted by Gasteiger charge is -2.58. The third-order valence-electron chi connectivity index (χ3n) is 14.0. The van der Waals surface area contributed by atoms with Crippen LogP contribution in [0.25, 0.3) is 0 Å². The average Bonchev–Trinajstić information content (AvgIpc) is 4.12. The second-order valence-electron chi connectivity index (χ2n) is 18.5. The number of esters is 3. The van der Waals surface area contributed by atoms with E-state index in [-0.39, 0.29) is 51.0 Å². The average molecular weight is 963 g/mol. The molecular weight excluding hydrogens is 897 g/mol. The minimum atomic E-state index is -1.26. The van der Waals surface area contributed by atoms with E-state index in [2.05, 4.69) is 32.7 Å². The molecule has 3 aliphatic heterocycles. The molecule has 9 atom stereocenters. The number of unbranched alkanes of at least 4 members (excludes halogenated alkanes) is 2. The van der Waals surface area contributed by atoms with Crippen LogP contribution in [0, 0.1) is 16.7 Å². The van der Waals surface area contributed by atoms with Crippen LogP contribution in [0.5, 0.6) is 0 Å². The number of allylic oxidation sites excluding steroid dienone is 3. The van der Waals surface area contributed by atoms with Crippen molar-refractivity contribution in [2.75, 3.05) is 52.7 Å². The Balaban J connectivity index is 1.07. The number of carbonyl (C=O) groups excluding carboxylic acids is 8. The van der Waals surface area contributed by atoms with Gasteiger partial charge in [0.2, 0.25) is 29.5 Å². The maximum absolute atomic E-state index is 14.2. The Kier molecular flexibility index (Phi) is 18.3. The summed E-state index contributed by atoms with van der Waals surface area (Å²) in [5.41, 5.74) is 4.85. The molecule has 5 aliphatic rings. The van der Waals surface area contributed by atoms with E-state index < -0.39 is 108 Å². The summed E-state index contributed by atoms with van der Waals surface area (Å²) in [6, 6.07) is 7.72. The summed E-state index contributed by atoms with van der Waals surface area (Å²) in [6.07, 6.45) is 8.80. The van der Waals surface area contributed by atoms with Gasteiger partial charge in [-0.2, -0.15) is 0 Å². The number of hydrogen-bond donors (Lipinski definition) is 6. The first-order valence-corrected chi connectivity index (χ1v) is 23.7. The summed E-state index contributed by atoms with van der Waals surface area (Å²) >= 11 is 0. The summed E-state index contributed by atoms with van der Waals surface area (Å²) in [4.78, 5) is 104. The van der Waals surface area contributed by atoms with Crippen LogP contribution in [0.3, 0.4) is 0 Å². The molecule has 1 saturated carbocycles. The minimum Gasteiger partial charge on any atom is -0.463 e. The maximum atomic E-state index is 14.2. The lowest BCUT2D eigenvalue weighted by atomic mass is 9.51. The van der Waals surface area contributed by atoms with Crippen molar-refractivity contribution in [2.24, 2.45) is 22.5 Å². The van der Waals surface area contributed by atoms with Crippen molar-refractivity contribution in [2.45, 2.75) is 115 Å². The highest BCUT2D eigenvalue weighted by Gasteiger charge is 2.83. The lowest BCUT2D eigenvalue weighted by molar-refractivity contribution is -0.235. The molecule has 0 radical (unpaired) electrons. The summed E-state index contributed by atoms with van der Waals surface area (Å²) in [5, 5.41) is 12.6. The van der Waals surface area contributed by atoms with Gasteiger partial charge in [-0.05, 0) is 57.1 Å². The fraction of sp³-hybridized carbons (Fsp3) is 0.592. The molecule has 3 unspecified atom stereocenters. The van der Waals surface area contributed by atoms with Crippen molar-refractivity contribution in [3.05, 3.63) is 71.8 Å². The zero-order valence-electron chi connectivity index (χ0n) is 39.6. The molecule has 7 N–H and O–H groups in total. The van der Waals surface area contributed by atoms with E-state index in [1.54, 1.807) is 37.3 Å². The predicted octanol–water partition coefficient (Wildman–Crippen LogP) is 0.864. The van der Waals surface area contributed by atoms with Gasteiger partial charge in [0.1, 0.15) is 31.1 Å². The van der Waals surface area contributed by atoms with Crippen LogP contribution in [-0.2, 0) is 73.2 Å². The normalized spacial score (nSPS) is 30.0.